The summed E-state index contributed by atoms with van der Waals surface area (Å²) in [6.45, 7) is 4.18. The number of fused-ring (bicyclic) bond motifs is 1. The third kappa shape index (κ3) is 7.34. The molecule has 0 unspecified atom stereocenters. The molecule has 0 aliphatic carbocycles. The lowest BCUT2D eigenvalue weighted by molar-refractivity contribution is -0.138. The van der Waals surface area contributed by atoms with Gasteiger partial charge in [-0.05, 0) is 68.4 Å². The third-order valence-electron chi connectivity index (χ3n) is 9.40. The quantitative estimate of drug-likeness (QED) is 0.173. The number of hydrogen-bond acceptors (Lipinski definition) is 9. The Morgan fingerprint density at radius 1 is 0.824 bits per heavy atom. The van der Waals surface area contributed by atoms with E-state index in [1.165, 1.54) is 19.1 Å². The van der Waals surface area contributed by atoms with Gasteiger partial charge in [-0.3, -0.25) is 19.5 Å². The van der Waals surface area contributed by atoms with E-state index < -0.39 is 30.3 Å². The Balaban J connectivity index is 1.10. The zero-order chi connectivity index (χ0) is 36.2. The summed E-state index contributed by atoms with van der Waals surface area (Å²) in [6, 6.07) is 11.3. The molecule has 5 N–H and O–H groups in total. The zero-order valence-electron chi connectivity index (χ0n) is 28.8. The first kappa shape index (κ1) is 34.9. The predicted octanol–water partition coefficient (Wildman–Crippen LogP) is 3.70. The molecule has 0 saturated carbocycles. The molecule has 5 amide bonds. The van der Waals surface area contributed by atoms with Gasteiger partial charge in [-0.15, -0.1) is 0 Å². The molecule has 2 saturated heterocycles. The first-order valence-corrected chi connectivity index (χ1v) is 16.8. The number of benzene rings is 2. The van der Waals surface area contributed by atoms with Crippen LogP contribution in [0.4, 0.5) is 15.4 Å². The fourth-order valence-corrected chi connectivity index (χ4v) is 6.70. The van der Waals surface area contributed by atoms with Gasteiger partial charge in [0.05, 0.1) is 37.7 Å². The Kier molecular flexibility index (Phi) is 10.2. The highest BCUT2D eigenvalue weighted by Crippen LogP contribution is 2.33. The summed E-state index contributed by atoms with van der Waals surface area (Å²) in [5.74, 6) is 0.154. The highest BCUT2D eigenvalue weighted by molar-refractivity contribution is 6.04. The third-order valence-corrected chi connectivity index (χ3v) is 9.40. The van der Waals surface area contributed by atoms with Crippen LogP contribution in [0.1, 0.15) is 51.4 Å². The number of hydrogen-bond donors (Lipinski definition) is 5. The lowest BCUT2D eigenvalue weighted by Crippen LogP contribution is -2.51. The smallest absolute Gasteiger partial charge is 0.407 e. The van der Waals surface area contributed by atoms with Crippen molar-refractivity contribution in [2.45, 2.75) is 63.7 Å². The van der Waals surface area contributed by atoms with E-state index >= 15 is 0 Å². The minimum Gasteiger partial charge on any atom is -0.453 e. The van der Waals surface area contributed by atoms with Gasteiger partial charge in [0.15, 0.2) is 5.82 Å². The van der Waals surface area contributed by atoms with Crippen LogP contribution < -0.4 is 16.0 Å². The Labute approximate surface area is 293 Å². The molecule has 6 rings (SSSR count). The standard InChI is InChI=1S/C35H41N9O7/c1-19(37-34(48)50-3)32(46)43-15-5-7-27(43)30-36-18-26(39-30)22-11-9-21(10-12-22)23-13-14-24-25(17-23)41-42-29(24)40-31(45)28-8-6-16-44(28)33(47)20(2)38-35(49)51-4/h9-14,17-20,27-28H,5-8,15-16H2,1-4H3,(H,36,39)(H,37,48)(H,38,49)(H2,40,41,42,45)/t19-,20-,27-,28-/m0/s1. The molecular formula is C35H41N9O7. The number of amides is 5. The summed E-state index contributed by atoms with van der Waals surface area (Å²) >= 11 is 0. The van der Waals surface area contributed by atoms with E-state index in [1.54, 1.807) is 24.9 Å². The largest absolute Gasteiger partial charge is 0.453 e. The molecule has 2 fully saturated rings. The second-order valence-electron chi connectivity index (χ2n) is 12.7. The maximum atomic E-state index is 13.3. The molecule has 2 aliphatic rings. The van der Waals surface area contributed by atoms with Crippen LogP contribution in [-0.2, 0) is 23.9 Å². The number of methoxy groups -OCH3 is 2. The second-order valence-corrected chi connectivity index (χ2v) is 12.7. The number of anilines is 1. The number of imidazole rings is 1. The zero-order valence-corrected chi connectivity index (χ0v) is 28.8. The van der Waals surface area contributed by atoms with Crippen molar-refractivity contribution in [1.29, 1.82) is 0 Å². The molecular weight excluding hydrogens is 658 g/mol. The highest BCUT2D eigenvalue weighted by atomic mass is 16.5. The number of ether oxygens (including phenoxy) is 2. The van der Waals surface area contributed by atoms with Gasteiger partial charge in [0.25, 0.3) is 0 Å². The van der Waals surface area contributed by atoms with E-state index in [0.29, 0.717) is 37.6 Å². The van der Waals surface area contributed by atoms with Crippen LogP contribution in [0.3, 0.4) is 0 Å². The highest BCUT2D eigenvalue weighted by Gasteiger charge is 2.37. The number of carbonyl (C=O) groups excluding carboxylic acids is 5. The predicted molar refractivity (Wildman–Crippen MR) is 186 cm³/mol. The summed E-state index contributed by atoms with van der Waals surface area (Å²) in [5, 5.41) is 15.9. The minimum absolute atomic E-state index is 0.192. The normalized spacial score (nSPS) is 18.3. The van der Waals surface area contributed by atoms with E-state index in [9.17, 15) is 24.0 Å². The van der Waals surface area contributed by atoms with Crippen molar-refractivity contribution in [3.63, 3.8) is 0 Å². The summed E-state index contributed by atoms with van der Waals surface area (Å²) in [4.78, 5) is 73.7. The number of aromatic amines is 2. The maximum Gasteiger partial charge on any atom is 0.407 e. The molecule has 4 atom stereocenters. The van der Waals surface area contributed by atoms with E-state index in [2.05, 4.69) is 45.6 Å². The Morgan fingerprint density at radius 2 is 1.43 bits per heavy atom. The molecule has 16 heteroatoms. The number of nitrogens with one attached hydrogen (secondary N) is 5. The Bertz CT molecular complexity index is 1940. The molecule has 2 aromatic carbocycles. The van der Waals surface area contributed by atoms with Crippen molar-refractivity contribution in [2.24, 2.45) is 0 Å². The van der Waals surface area contributed by atoms with Crippen molar-refractivity contribution in [3.05, 3.63) is 54.5 Å². The molecule has 2 aromatic heterocycles. The van der Waals surface area contributed by atoms with Crippen molar-refractivity contribution in [3.8, 4) is 22.4 Å². The van der Waals surface area contributed by atoms with Gasteiger partial charge in [-0.2, -0.15) is 5.10 Å². The monoisotopic (exact) mass is 699 g/mol. The first-order valence-electron chi connectivity index (χ1n) is 16.8. The average molecular weight is 700 g/mol. The maximum absolute atomic E-state index is 13.3. The number of carbonyl (C=O) groups is 5. The molecule has 2 aliphatic heterocycles. The molecule has 4 heterocycles. The number of nitrogens with zero attached hydrogens (tertiary/aromatic N) is 4. The number of rotatable bonds is 9. The van der Waals surface area contributed by atoms with Crippen LogP contribution >= 0.6 is 0 Å². The average Bonchev–Trinajstić information content (AvgIpc) is 3.97. The van der Waals surface area contributed by atoms with Gasteiger partial charge < -0.3 is 40.2 Å². The fraction of sp³-hybridized carbons (Fsp3) is 0.400. The first-order chi connectivity index (χ1) is 24.6. The van der Waals surface area contributed by atoms with Gasteiger partial charge in [-0.25, -0.2) is 14.6 Å². The van der Waals surface area contributed by atoms with Crippen molar-refractivity contribution in [2.75, 3.05) is 32.6 Å². The molecule has 4 aromatic rings. The van der Waals surface area contributed by atoms with Crippen LogP contribution in [0.5, 0.6) is 0 Å². The van der Waals surface area contributed by atoms with Gasteiger partial charge in [-0.1, -0.05) is 30.3 Å². The number of aromatic nitrogens is 4. The van der Waals surface area contributed by atoms with Gasteiger partial charge in [0.1, 0.15) is 23.9 Å². The number of H-pyrrole nitrogens is 2. The summed E-state index contributed by atoms with van der Waals surface area (Å²) in [7, 11) is 2.48. The lowest BCUT2D eigenvalue weighted by atomic mass is 10.0. The van der Waals surface area contributed by atoms with Crippen LogP contribution in [0, 0.1) is 0 Å². The van der Waals surface area contributed by atoms with Crippen LogP contribution in [-0.4, -0.2) is 105 Å². The van der Waals surface area contributed by atoms with E-state index in [4.69, 9.17) is 0 Å². The minimum atomic E-state index is -0.838. The number of likely N-dealkylation sites (tertiary alicyclic amines) is 2. The molecule has 268 valence electrons. The van der Waals surface area contributed by atoms with Crippen molar-refractivity contribution in [1.82, 2.24) is 40.6 Å². The van der Waals surface area contributed by atoms with E-state index in [0.717, 1.165) is 46.1 Å². The Morgan fingerprint density at radius 3 is 2.12 bits per heavy atom. The fourth-order valence-electron chi connectivity index (χ4n) is 6.70. The molecule has 0 bridgehead atoms. The van der Waals surface area contributed by atoms with Gasteiger partial charge >= 0.3 is 12.2 Å². The molecule has 51 heavy (non-hydrogen) atoms. The van der Waals surface area contributed by atoms with E-state index in [1.807, 2.05) is 42.5 Å². The summed E-state index contributed by atoms with van der Waals surface area (Å²) < 4.78 is 9.21. The topological polar surface area (TPSA) is 204 Å². The summed E-state index contributed by atoms with van der Waals surface area (Å²) in [5.41, 5.74) is 4.38. The van der Waals surface area contributed by atoms with Crippen molar-refractivity contribution < 1.29 is 33.4 Å². The van der Waals surface area contributed by atoms with Crippen LogP contribution in [0.15, 0.2) is 48.7 Å². The van der Waals surface area contributed by atoms with Crippen LogP contribution in [0.2, 0.25) is 0 Å². The lowest BCUT2D eigenvalue weighted by Gasteiger charge is -2.26. The van der Waals surface area contributed by atoms with Gasteiger partial charge in [0, 0.05) is 18.5 Å². The number of alkyl carbamates (subject to hydrolysis) is 2. The molecule has 16 nitrogen and oxygen atoms in total. The SMILES string of the molecule is COC(=O)N[C@@H](C)C(=O)N1CCC[C@H]1C(=O)Nc1n[nH]c2cc(-c3ccc(-c4cnc([C@@H]5CCCN5C(=O)[C@H](C)NC(=O)OC)[nH]4)cc3)ccc12. The molecule has 0 radical (unpaired) electrons. The molecule has 0 spiro atoms. The van der Waals surface area contributed by atoms with Gasteiger partial charge in [0.2, 0.25) is 17.7 Å². The van der Waals surface area contributed by atoms with Crippen LogP contribution in [0.25, 0.3) is 33.3 Å². The Hall–Kier alpha value is -5.93. The second kappa shape index (κ2) is 14.9. The summed E-state index contributed by atoms with van der Waals surface area (Å²) in [6.07, 6.45) is 3.14. The van der Waals surface area contributed by atoms with Crippen molar-refractivity contribution >= 4 is 46.6 Å². The van der Waals surface area contributed by atoms with E-state index in [-0.39, 0.29) is 23.8 Å².